The van der Waals surface area contributed by atoms with Crippen LogP contribution in [-0.2, 0) is 9.59 Å². The SMILES string of the molecule is CCCCCCN1C(=O)C2=C(CCCCCC2)C1=O. The van der Waals surface area contributed by atoms with Crippen molar-refractivity contribution in [2.45, 2.75) is 71.1 Å². The van der Waals surface area contributed by atoms with Crippen molar-refractivity contribution < 1.29 is 9.59 Å². The molecule has 0 spiro atoms. The maximum absolute atomic E-state index is 12.3. The standard InChI is InChI=1S/C16H25NO2/c1-2-3-4-9-12-17-15(18)13-10-7-5-6-8-11-14(13)16(17)19/h2-12H2,1H3. The van der Waals surface area contributed by atoms with Gasteiger partial charge in [0.2, 0.25) is 0 Å². The van der Waals surface area contributed by atoms with Crippen molar-refractivity contribution in [3.05, 3.63) is 11.1 Å². The van der Waals surface area contributed by atoms with Crippen molar-refractivity contribution in [3.63, 3.8) is 0 Å². The molecule has 1 heterocycles. The molecule has 0 aromatic carbocycles. The Bertz CT molecular complexity index is 354. The molecule has 0 atom stereocenters. The highest BCUT2D eigenvalue weighted by atomic mass is 16.2. The van der Waals surface area contributed by atoms with Gasteiger partial charge in [-0.1, -0.05) is 39.0 Å². The van der Waals surface area contributed by atoms with Crippen LogP contribution < -0.4 is 0 Å². The van der Waals surface area contributed by atoms with Crippen molar-refractivity contribution in [1.82, 2.24) is 4.90 Å². The number of hydrogen-bond acceptors (Lipinski definition) is 2. The van der Waals surface area contributed by atoms with Crippen LogP contribution in [0.1, 0.15) is 71.1 Å². The van der Waals surface area contributed by atoms with Crippen LogP contribution in [0.15, 0.2) is 11.1 Å². The fourth-order valence-electron chi connectivity index (χ4n) is 3.05. The second-order valence-corrected chi connectivity index (χ2v) is 5.69. The summed E-state index contributed by atoms with van der Waals surface area (Å²) < 4.78 is 0. The number of amides is 2. The molecule has 1 aliphatic heterocycles. The third kappa shape index (κ3) is 3.26. The molecule has 0 fully saturated rings. The average molecular weight is 263 g/mol. The first kappa shape index (κ1) is 14.3. The Hall–Kier alpha value is -1.12. The molecule has 3 heteroatoms. The highest BCUT2D eigenvalue weighted by Crippen LogP contribution is 2.31. The van der Waals surface area contributed by atoms with Crippen LogP contribution in [0.25, 0.3) is 0 Å². The third-order valence-corrected chi connectivity index (χ3v) is 4.21. The van der Waals surface area contributed by atoms with Crippen molar-refractivity contribution >= 4 is 11.8 Å². The summed E-state index contributed by atoms with van der Waals surface area (Å²) in [6, 6.07) is 0. The summed E-state index contributed by atoms with van der Waals surface area (Å²) in [6.45, 7) is 2.78. The second kappa shape index (κ2) is 6.88. The summed E-state index contributed by atoms with van der Waals surface area (Å²) in [7, 11) is 0. The predicted octanol–water partition coefficient (Wildman–Crippen LogP) is 3.59. The zero-order valence-corrected chi connectivity index (χ0v) is 12.0. The van der Waals surface area contributed by atoms with Gasteiger partial charge in [0.25, 0.3) is 11.8 Å². The minimum atomic E-state index is 0.0124. The van der Waals surface area contributed by atoms with Crippen LogP contribution in [0.4, 0.5) is 0 Å². The Morgan fingerprint density at radius 3 is 1.95 bits per heavy atom. The van der Waals surface area contributed by atoms with Crippen molar-refractivity contribution in [1.29, 1.82) is 0 Å². The van der Waals surface area contributed by atoms with E-state index in [1.54, 1.807) is 0 Å². The first-order valence-electron chi connectivity index (χ1n) is 7.84. The molecule has 106 valence electrons. The Kier molecular flexibility index (Phi) is 5.17. The normalized spacial score (nSPS) is 20.6. The minimum Gasteiger partial charge on any atom is -0.275 e. The van der Waals surface area contributed by atoms with Gasteiger partial charge in [-0.2, -0.15) is 0 Å². The highest BCUT2D eigenvalue weighted by Gasteiger charge is 2.36. The maximum atomic E-state index is 12.3. The van der Waals surface area contributed by atoms with E-state index in [-0.39, 0.29) is 11.8 Å². The van der Waals surface area contributed by atoms with Gasteiger partial charge >= 0.3 is 0 Å². The molecule has 0 N–H and O–H groups in total. The summed E-state index contributed by atoms with van der Waals surface area (Å²) in [5.41, 5.74) is 1.67. The van der Waals surface area contributed by atoms with Crippen molar-refractivity contribution in [2.24, 2.45) is 0 Å². The average Bonchev–Trinajstić information content (AvgIpc) is 2.57. The molecule has 0 saturated carbocycles. The van der Waals surface area contributed by atoms with Gasteiger partial charge in [-0.25, -0.2) is 0 Å². The topological polar surface area (TPSA) is 37.4 Å². The second-order valence-electron chi connectivity index (χ2n) is 5.69. The van der Waals surface area contributed by atoms with E-state index >= 15 is 0 Å². The zero-order valence-electron chi connectivity index (χ0n) is 12.0. The van der Waals surface area contributed by atoms with Crippen LogP contribution in [-0.4, -0.2) is 23.3 Å². The molecule has 0 bridgehead atoms. The lowest BCUT2D eigenvalue weighted by Gasteiger charge is -2.14. The number of carbonyl (C=O) groups excluding carboxylic acids is 2. The number of carbonyl (C=O) groups is 2. The summed E-state index contributed by atoms with van der Waals surface area (Å²) >= 11 is 0. The molecule has 0 saturated heterocycles. The van der Waals surface area contributed by atoms with E-state index in [2.05, 4.69) is 6.92 Å². The Labute approximate surface area is 116 Å². The lowest BCUT2D eigenvalue weighted by Crippen LogP contribution is -2.32. The molecular weight excluding hydrogens is 238 g/mol. The third-order valence-electron chi connectivity index (χ3n) is 4.21. The van der Waals surface area contributed by atoms with Crippen LogP contribution in [0.5, 0.6) is 0 Å². The molecular formula is C16H25NO2. The van der Waals surface area contributed by atoms with Crippen molar-refractivity contribution in [3.8, 4) is 0 Å². The van der Waals surface area contributed by atoms with E-state index < -0.39 is 0 Å². The Morgan fingerprint density at radius 2 is 1.42 bits per heavy atom. The number of imide groups is 1. The molecule has 0 aromatic heterocycles. The number of nitrogens with zero attached hydrogens (tertiary/aromatic N) is 1. The molecule has 19 heavy (non-hydrogen) atoms. The monoisotopic (exact) mass is 263 g/mol. The van der Waals surface area contributed by atoms with Crippen molar-refractivity contribution in [2.75, 3.05) is 6.54 Å². The molecule has 2 amide bonds. The van der Waals surface area contributed by atoms with Gasteiger partial charge in [-0.15, -0.1) is 0 Å². The van der Waals surface area contributed by atoms with E-state index in [0.29, 0.717) is 6.54 Å². The number of unbranched alkanes of at least 4 members (excludes halogenated alkanes) is 3. The minimum absolute atomic E-state index is 0.0124. The van der Waals surface area contributed by atoms with Crippen LogP contribution >= 0.6 is 0 Å². The van der Waals surface area contributed by atoms with Gasteiger partial charge in [-0.3, -0.25) is 14.5 Å². The molecule has 3 nitrogen and oxygen atoms in total. The first-order valence-corrected chi connectivity index (χ1v) is 7.84. The summed E-state index contributed by atoms with van der Waals surface area (Å²) in [4.78, 5) is 26.2. The highest BCUT2D eigenvalue weighted by molar-refractivity contribution is 6.19. The van der Waals surface area contributed by atoms with Gasteiger partial charge in [0, 0.05) is 17.7 Å². The molecule has 2 rings (SSSR count). The molecule has 0 aromatic rings. The Balaban J connectivity index is 1.98. The molecule has 0 unspecified atom stereocenters. The largest absolute Gasteiger partial charge is 0.275 e. The van der Waals surface area contributed by atoms with Gasteiger partial charge in [0.15, 0.2) is 0 Å². The van der Waals surface area contributed by atoms with E-state index in [1.165, 1.54) is 30.6 Å². The van der Waals surface area contributed by atoms with Gasteiger partial charge < -0.3 is 0 Å². The van der Waals surface area contributed by atoms with Gasteiger partial charge in [0.05, 0.1) is 0 Å². The fourth-order valence-corrected chi connectivity index (χ4v) is 3.05. The summed E-state index contributed by atoms with van der Waals surface area (Å²) in [5.74, 6) is 0.0248. The van der Waals surface area contributed by atoms with Gasteiger partial charge in [0.1, 0.15) is 0 Å². The molecule has 0 radical (unpaired) electrons. The zero-order chi connectivity index (χ0) is 13.7. The lowest BCUT2D eigenvalue weighted by molar-refractivity contribution is -0.137. The van der Waals surface area contributed by atoms with E-state index in [4.69, 9.17) is 0 Å². The van der Waals surface area contributed by atoms with E-state index in [9.17, 15) is 9.59 Å². The van der Waals surface area contributed by atoms with Crippen LogP contribution in [0.2, 0.25) is 0 Å². The van der Waals surface area contributed by atoms with E-state index in [0.717, 1.165) is 49.7 Å². The maximum Gasteiger partial charge on any atom is 0.257 e. The summed E-state index contributed by atoms with van der Waals surface area (Å²) in [5, 5.41) is 0. The van der Waals surface area contributed by atoms with Crippen LogP contribution in [0, 0.1) is 0 Å². The number of hydrogen-bond donors (Lipinski definition) is 0. The predicted molar refractivity (Wildman–Crippen MR) is 75.6 cm³/mol. The van der Waals surface area contributed by atoms with Gasteiger partial charge in [-0.05, 0) is 32.1 Å². The lowest BCUT2D eigenvalue weighted by atomic mass is 9.95. The van der Waals surface area contributed by atoms with Crippen LogP contribution in [0.3, 0.4) is 0 Å². The fraction of sp³-hybridized carbons (Fsp3) is 0.750. The van der Waals surface area contributed by atoms with E-state index in [1.807, 2.05) is 0 Å². The molecule has 2 aliphatic rings. The quantitative estimate of drug-likeness (QED) is 0.561. The first-order chi connectivity index (χ1) is 9.25. The Morgan fingerprint density at radius 1 is 0.842 bits per heavy atom. The smallest absolute Gasteiger partial charge is 0.257 e. The molecule has 1 aliphatic carbocycles. The number of rotatable bonds is 5. The summed E-state index contributed by atoms with van der Waals surface area (Å²) in [6.07, 6.45) is 10.5.